The van der Waals surface area contributed by atoms with Gasteiger partial charge in [-0.2, -0.15) is 5.10 Å². The number of carbonyl (C=O) groups excluding carboxylic acids is 1. The molecule has 0 aliphatic carbocycles. The van der Waals surface area contributed by atoms with E-state index in [1.54, 1.807) is 24.0 Å². The lowest BCUT2D eigenvalue weighted by Crippen LogP contribution is -2.39. The summed E-state index contributed by atoms with van der Waals surface area (Å²) < 4.78 is 26.1. The Bertz CT molecular complexity index is 565. The number of hydrogen-bond acceptors (Lipinski definition) is 4. The number of hydrogen-bond donors (Lipinski definition) is 0. The van der Waals surface area contributed by atoms with Crippen molar-refractivity contribution >= 4 is 15.8 Å². The van der Waals surface area contributed by atoms with E-state index in [0.717, 1.165) is 12.8 Å². The molecule has 1 unspecified atom stereocenters. The number of piperidine rings is 1. The molecule has 0 aromatic carbocycles. The Morgan fingerprint density at radius 2 is 2.26 bits per heavy atom. The first-order valence-electron chi connectivity index (χ1n) is 6.34. The predicted octanol–water partition coefficient (Wildman–Crippen LogP) is 0.665. The highest BCUT2D eigenvalue weighted by atomic mass is 32.2. The minimum atomic E-state index is -3.15. The van der Waals surface area contributed by atoms with E-state index in [1.165, 1.54) is 10.6 Å². The lowest BCUT2D eigenvalue weighted by molar-refractivity contribution is 0.0936. The summed E-state index contributed by atoms with van der Waals surface area (Å²) >= 11 is 0. The van der Waals surface area contributed by atoms with Crippen LogP contribution in [0.15, 0.2) is 12.3 Å². The zero-order valence-electron chi connectivity index (χ0n) is 11.2. The van der Waals surface area contributed by atoms with Crippen molar-refractivity contribution in [2.45, 2.75) is 19.3 Å². The molecule has 19 heavy (non-hydrogen) atoms. The molecule has 7 heteroatoms. The number of ketones is 1. The lowest BCUT2D eigenvalue weighted by Gasteiger charge is -2.30. The summed E-state index contributed by atoms with van der Waals surface area (Å²) in [6.45, 7) is 1.00. The van der Waals surface area contributed by atoms with E-state index < -0.39 is 10.0 Å². The highest BCUT2D eigenvalue weighted by molar-refractivity contribution is 7.88. The molecule has 1 atom stereocenters. The number of aryl methyl sites for hydroxylation is 1. The van der Waals surface area contributed by atoms with Gasteiger partial charge in [0.2, 0.25) is 10.0 Å². The van der Waals surface area contributed by atoms with Gasteiger partial charge < -0.3 is 0 Å². The van der Waals surface area contributed by atoms with Crippen molar-refractivity contribution in [1.29, 1.82) is 0 Å². The molecule has 1 aromatic heterocycles. The van der Waals surface area contributed by atoms with Crippen LogP contribution in [-0.4, -0.2) is 47.6 Å². The third-order valence-electron chi connectivity index (χ3n) is 3.42. The van der Waals surface area contributed by atoms with Crippen molar-refractivity contribution in [3.05, 3.63) is 18.0 Å². The fourth-order valence-electron chi connectivity index (χ4n) is 2.43. The van der Waals surface area contributed by atoms with Crippen LogP contribution >= 0.6 is 0 Å². The summed E-state index contributed by atoms with van der Waals surface area (Å²) in [5.74, 6) is 0.0823. The molecule has 1 saturated heterocycles. The van der Waals surface area contributed by atoms with Crippen LogP contribution < -0.4 is 0 Å². The largest absolute Gasteiger partial charge is 0.292 e. The third kappa shape index (κ3) is 3.63. The average Bonchev–Trinajstić information content (AvgIpc) is 2.75. The van der Waals surface area contributed by atoms with Gasteiger partial charge in [0.05, 0.1) is 6.26 Å². The van der Waals surface area contributed by atoms with E-state index in [-0.39, 0.29) is 11.7 Å². The van der Waals surface area contributed by atoms with Gasteiger partial charge in [0.15, 0.2) is 5.78 Å². The number of carbonyl (C=O) groups is 1. The summed E-state index contributed by atoms with van der Waals surface area (Å²) in [5.41, 5.74) is 0.457. The van der Waals surface area contributed by atoms with Crippen molar-refractivity contribution in [1.82, 2.24) is 14.1 Å². The topological polar surface area (TPSA) is 72.3 Å². The maximum absolute atomic E-state index is 12.0. The highest BCUT2D eigenvalue weighted by Crippen LogP contribution is 2.22. The lowest BCUT2D eigenvalue weighted by atomic mass is 9.93. The van der Waals surface area contributed by atoms with Gasteiger partial charge in [0.25, 0.3) is 0 Å². The quantitative estimate of drug-likeness (QED) is 0.762. The Morgan fingerprint density at radius 3 is 2.84 bits per heavy atom. The van der Waals surface area contributed by atoms with Crippen LogP contribution in [0.4, 0.5) is 0 Å². The predicted molar refractivity (Wildman–Crippen MR) is 71.3 cm³/mol. The van der Waals surface area contributed by atoms with Gasteiger partial charge in [-0.05, 0) is 24.8 Å². The van der Waals surface area contributed by atoms with Gasteiger partial charge in [0.1, 0.15) is 5.69 Å². The second-order valence-corrected chi connectivity index (χ2v) is 7.11. The minimum Gasteiger partial charge on any atom is -0.292 e. The van der Waals surface area contributed by atoms with Crippen LogP contribution in [0.5, 0.6) is 0 Å². The molecule has 106 valence electrons. The van der Waals surface area contributed by atoms with Crippen molar-refractivity contribution in [2.75, 3.05) is 19.3 Å². The Balaban J connectivity index is 1.98. The molecule has 1 aromatic rings. The van der Waals surface area contributed by atoms with E-state index in [0.29, 0.717) is 25.2 Å². The zero-order valence-corrected chi connectivity index (χ0v) is 12.1. The maximum atomic E-state index is 12.0. The van der Waals surface area contributed by atoms with E-state index in [1.807, 2.05) is 0 Å². The van der Waals surface area contributed by atoms with Crippen LogP contribution in [0.2, 0.25) is 0 Å². The SMILES string of the molecule is Cn1ccc(C(=O)CC2CCCN(S(C)(=O)=O)C2)n1. The Hall–Kier alpha value is -1.21. The summed E-state index contributed by atoms with van der Waals surface area (Å²) in [4.78, 5) is 12.0. The van der Waals surface area contributed by atoms with Crippen molar-refractivity contribution < 1.29 is 13.2 Å². The average molecular weight is 285 g/mol. The summed E-state index contributed by atoms with van der Waals surface area (Å²) in [6, 6.07) is 1.69. The van der Waals surface area contributed by atoms with Gasteiger partial charge in [-0.3, -0.25) is 9.48 Å². The fraction of sp³-hybridized carbons (Fsp3) is 0.667. The second-order valence-electron chi connectivity index (χ2n) is 5.13. The molecule has 0 bridgehead atoms. The molecule has 0 saturated carbocycles. The van der Waals surface area contributed by atoms with Crippen LogP contribution in [0.1, 0.15) is 29.8 Å². The van der Waals surface area contributed by atoms with Crippen LogP contribution in [0, 0.1) is 5.92 Å². The molecular formula is C12H19N3O3S. The first-order chi connectivity index (χ1) is 8.86. The van der Waals surface area contributed by atoms with Gasteiger partial charge in [0, 0.05) is 32.8 Å². The Kier molecular flexibility index (Phi) is 4.05. The van der Waals surface area contributed by atoms with Crippen LogP contribution in [0.25, 0.3) is 0 Å². The van der Waals surface area contributed by atoms with Crippen LogP contribution in [0.3, 0.4) is 0 Å². The molecule has 2 heterocycles. The zero-order chi connectivity index (χ0) is 14.0. The van der Waals surface area contributed by atoms with E-state index >= 15 is 0 Å². The molecule has 0 amide bonds. The van der Waals surface area contributed by atoms with E-state index in [2.05, 4.69) is 5.10 Å². The minimum absolute atomic E-state index is 0.0130. The normalized spacial score (nSPS) is 21.5. The number of sulfonamides is 1. The molecule has 1 aliphatic rings. The first kappa shape index (κ1) is 14.2. The molecule has 1 fully saturated rings. The van der Waals surface area contributed by atoms with Crippen molar-refractivity contribution in [2.24, 2.45) is 13.0 Å². The monoisotopic (exact) mass is 285 g/mol. The van der Waals surface area contributed by atoms with Gasteiger partial charge >= 0.3 is 0 Å². The van der Waals surface area contributed by atoms with Gasteiger partial charge in [-0.1, -0.05) is 0 Å². The molecular weight excluding hydrogens is 266 g/mol. The fourth-order valence-corrected chi connectivity index (χ4v) is 3.37. The van der Waals surface area contributed by atoms with Crippen LogP contribution in [-0.2, 0) is 17.1 Å². The first-order valence-corrected chi connectivity index (χ1v) is 8.19. The second kappa shape index (κ2) is 5.42. The van der Waals surface area contributed by atoms with E-state index in [4.69, 9.17) is 0 Å². The molecule has 0 radical (unpaired) electrons. The van der Waals surface area contributed by atoms with E-state index in [9.17, 15) is 13.2 Å². The Labute approximate surface area is 113 Å². The standard InChI is InChI=1S/C12H19N3O3S/c1-14-7-5-11(13-14)12(16)8-10-4-3-6-15(9-10)19(2,17)18/h5,7,10H,3-4,6,8-9H2,1-2H3. The molecule has 2 rings (SSSR count). The molecule has 1 aliphatic heterocycles. The number of aromatic nitrogens is 2. The third-order valence-corrected chi connectivity index (χ3v) is 4.69. The molecule has 0 N–H and O–H groups in total. The van der Waals surface area contributed by atoms with Gasteiger partial charge in [-0.25, -0.2) is 12.7 Å². The number of nitrogens with zero attached hydrogens (tertiary/aromatic N) is 3. The molecule has 0 spiro atoms. The Morgan fingerprint density at radius 1 is 1.53 bits per heavy atom. The summed E-state index contributed by atoms with van der Waals surface area (Å²) in [6.07, 6.45) is 5.02. The van der Waals surface area contributed by atoms with Crippen molar-refractivity contribution in [3.63, 3.8) is 0 Å². The van der Waals surface area contributed by atoms with Gasteiger partial charge in [-0.15, -0.1) is 0 Å². The highest BCUT2D eigenvalue weighted by Gasteiger charge is 2.27. The summed E-state index contributed by atoms with van der Waals surface area (Å²) in [7, 11) is -1.39. The number of rotatable bonds is 4. The summed E-state index contributed by atoms with van der Waals surface area (Å²) in [5, 5.41) is 4.08. The smallest absolute Gasteiger partial charge is 0.211 e. The maximum Gasteiger partial charge on any atom is 0.211 e. The van der Waals surface area contributed by atoms with Crippen molar-refractivity contribution in [3.8, 4) is 0 Å². The number of Topliss-reactive ketones (excluding diaryl/α,β-unsaturated/α-hetero) is 1. The molecule has 6 nitrogen and oxygen atoms in total.